The summed E-state index contributed by atoms with van der Waals surface area (Å²) in [6.07, 6.45) is 1.79. The molecule has 13 atom stereocenters. The van der Waals surface area contributed by atoms with Crippen molar-refractivity contribution in [1.82, 2.24) is 85.1 Å². The number of aliphatic carboxylic acids is 1. The molecule has 1 heterocycles. The maximum absolute atomic E-state index is 13.8. The minimum atomic E-state index is -1.72. The highest BCUT2D eigenvalue weighted by atomic mass is 16.4. The third-order valence-corrected chi connectivity index (χ3v) is 17.2. The predicted molar refractivity (Wildman–Crippen MR) is 390 cm³/mol. The number of guanidine groups is 1. The number of hydrogen-bond acceptors (Lipinski definition) is 22. The number of carboxylic acids is 1. The normalized spacial score (nSPS) is 15.6. The summed E-state index contributed by atoms with van der Waals surface area (Å²) in [7, 11) is 0. The molecule has 2 aromatic carbocycles. The van der Waals surface area contributed by atoms with Crippen molar-refractivity contribution in [3.05, 3.63) is 71.8 Å². The number of nitrogens with zero attached hydrogens (tertiary/aromatic N) is 1. The van der Waals surface area contributed by atoms with E-state index in [4.69, 9.17) is 11.5 Å². The number of aliphatic hydroxyl groups excluding tert-OH is 4. The Morgan fingerprint density at radius 3 is 1.25 bits per heavy atom. The van der Waals surface area contributed by atoms with Gasteiger partial charge in [-0.15, -0.1) is 0 Å². The van der Waals surface area contributed by atoms with E-state index in [1.165, 1.54) is 0 Å². The second-order valence-corrected chi connectivity index (χ2v) is 26.3. The summed E-state index contributed by atoms with van der Waals surface area (Å²) >= 11 is 0. The Bertz CT molecular complexity index is 3420. The highest BCUT2D eigenvalue weighted by Gasteiger charge is 2.36. The van der Waals surface area contributed by atoms with Crippen molar-refractivity contribution < 1.29 is 102 Å². The van der Waals surface area contributed by atoms with E-state index in [0.717, 1.165) is 6.42 Å². The number of carbonyl (C=O) groups excluding carboxylic acids is 15. The number of rotatable bonds is 49. The molecule has 40 nitrogen and oxygen atoms in total. The zero-order valence-corrected chi connectivity index (χ0v) is 61.9. The van der Waals surface area contributed by atoms with Crippen LogP contribution in [0.15, 0.2) is 65.7 Å². The second-order valence-electron chi connectivity index (χ2n) is 26.3. The molecule has 1 aliphatic heterocycles. The smallest absolute Gasteiger partial charge is 0.326 e. The summed E-state index contributed by atoms with van der Waals surface area (Å²) in [6, 6.07) is 1.39. The molecule has 0 unspecified atom stereocenters. The molecule has 0 aliphatic carbocycles. The van der Waals surface area contributed by atoms with E-state index < -0.39 is 232 Å². The van der Waals surface area contributed by atoms with Gasteiger partial charge in [-0.25, -0.2) is 4.79 Å². The molecule has 0 saturated carbocycles. The monoisotopic (exact) mass is 1540 g/mol. The van der Waals surface area contributed by atoms with Gasteiger partial charge in [0.2, 0.25) is 88.6 Å². The fraction of sp³-hybridized carbons (Fsp3) is 0.580. The maximum atomic E-state index is 13.8. The van der Waals surface area contributed by atoms with Crippen LogP contribution in [-0.4, -0.2) is 265 Å². The third kappa shape index (κ3) is 34.2. The van der Waals surface area contributed by atoms with Crippen LogP contribution in [0, 0.1) is 17.8 Å². The van der Waals surface area contributed by atoms with Gasteiger partial charge in [0.25, 0.3) is 0 Å². The van der Waals surface area contributed by atoms with Crippen molar-refractivity contribution >= 4 is 101 Å². The third-order valence-electron chi connectivity index (χ3n) is 17.2. The fourth-order valence-electron chi connectivity index (χ4n) is 10.6. The van der Waals surface area contributed by atoms with Crippen molar-refractivity contribution in [3.8, 4) is 0 Å². The predicted octanol–water partition coefficient (Wildman–Crippen LogP) is -9.10. The summed E-state index contributed by atoms with van der Waals surface area (Å²) in [4.78, 5) is 215. The van der Waals surface area contributed by atoms with Crippen LogP contribution in [0.5, 0.6) is 0 Å². The topological polar surface area (TPSA) is 631 Å². The van der Waals surface area contributed by atoms with Crippen LogP contribution in [-0.2, 0) is 89.6 Å². The molecular weight excluding hydrogens is 1430 g/mol. The number of aliphatic imine (C=N–C) groups is 1. The molecule has 1 aliphatic rings. The van der Waals surface area contributed by atoms with Gasteiger partial charge in [0.1, 0.15) is 60.4 Å². The Morgan fingerprint density at radius 1 is 0.440 bits per heavy atom. The van der Waals surface area contributed by atoms with Crippen molar-refractivity contribution in [1.29, 1.82) is 0 Å². The molecule has 2 aromatic rings. The molecule has 0 spiro atoms. The van der Waals surface area contributed by atoms with Gasteiger partial charge >= 0.3 is 5.97 Å². The lowest BCUT2D eigenvalue weighted by Gasteiger charge is -2.27. The Morgan fingerprint density at radius 2 is 0.807 bits per heavy atom. The van der Waals surface area contributed by atoms with Crippen LogP contribution in [0.25, 0.3) is 0 Å². The summed E-state index contributed by atoms with van der Waals surface area (Å²) in [5.41, 5.74) is 11.9. The molecule has 1 saturated heterocycles. The van der Waals surface area contributed by atoms with Gasteiger partial charge < -0.3 is 122 Å². The molecule has 0 radical (unpaired) electrons. The molecule has 604 valence electrons. The van der Waals surface area contributed by atoms with Gasteiger partial charge in [0, 0.05) is 19.4 Å². The van der Waals surface area contributed by atoms with Crippen LogP contribution in [0.4, 0.5) is 0 Å². The van der Waals surface area contributed by atoms with E-state index in [1.807, 2.05) is 0 Å². The van der Waals surface area contributed by atoms with Crippen molar-refractivity contribution in [2.75, 3.05) is 72.2 Å². The van der Waals surface area contributed by atoms with Gasteiger partial charge in [-0.3, -0.25) is 76.9 Å². The first-order valence-corrected chi connectivity index (χ1v) is 35.7. The van der Waals surface area contributed by atoms with E-state index in [2.05, 4.69) is 90.1 Å². The number of nitrogens with one attached hydrogen (secondary N) is 16. The van der Waals surface area contributed by atoms with Crippen LogP contribution in [0.1, 0.15) is 97.6 Å². The molecule has 40 heteroatoms. The highest BCUT2D eigenvalue weighted by molar-refractivity contribution is 5.99. The summed E-state index contributed by atoms with van der Waals surface area (Å²) in [5, 5.41) is 88.6. The lowest BCUT2D eigenvalue weighted by molar-refractivity contribution is -0.142. The molecule has 25 N–H and O–H groups in total. The van der Waals surface area contributed by atoms with Crippen molar-refractivity contribution in [3.63, 3.8) is 0 Å². The molecule has 0 aromatic heterocycles. The minimum absolute atomic E-state index is 0.0109. The van der Waals surface area contributed by atoms with Gasteiger partial charge in [-0.2, -0.15) is 0 Å². The molecule has 3 rings (SSSR count). The summed E-state index contributed by atoms with van der Waals surface area (Å²) in [5.74, 6) is -16.8. The number of hydrogen-bond donors (Lipinski definition) is 23. The molecule has 0 bridgehead atoms. The van der Waals surface area contributed by atoms with Crippen LogP contribution >= 0.6 is 0 Å². The molecule has 1 fully saturated rings. The zero-order chi connectivity index (χ0) is 81.3. The number of nitrogens with two attached hydrogens (primary N) is 2. The lowest BCUT2D eigenvalue weighted by Crippen LogP contribution is -2.60. The molecular formula is C69H107N19O21. The number of carbonyl (C=O) groups is 16. The molecule has 109 heavy (non-hydrogen) atoms. The first kappa shape index (κ1) is 92.2. The second kappa shape index (κ2) is 49.1. The van der Waals surface area contributed by atoms with E-state index >= 15 is 0 Å². The Hall–Kier alpha value is -11.0. The molecule has 15 amide bonds. The van der Waals surface area contributed by atoms with E-state index in [0.29, 0.717) is 30.5 Å². The van der Waals surface area contributed by atoms with E-state index in [1.54, 1.807) is 102 Å². The maximum Gasteiger partial charge on any atom is 0.326 e. The Balaban J connectivity index is 1.55. The average Bonchev–Trinajstić information content (AvgIpc) is 1.80. The first-order valence-electron chi connectivity index (χ1n) is 35.7. The highest BCUT2D eigenvalue weighted by Crippen LogP contribution is 2.14. The van der Waals surface area contributed by atoms with Gasteiger partial charge in [-0.05, 0) is 67.5 Å². The summed E-state index contributed by atoms with van der Waals surface area (Å²) < 4.78 is 0. The number of aliphatic hydroxyl groups is 4. The zero-order valence-electron chi connectivity index (χ0n) is 61.9. The van der Waals surface area contributed by atoms with Crippen LogP contribution < -0.4 is 96.5 Å². The fourth-order valence-corrected chi connectivity index (χ4v) is 10.6. The van der Waals surface area contributed by atoms with Crippen LogP contribution in [0.2, 0.25) is 0 Å². The largest absolute Gasteiger partial charge is 0.480 e. The SMILES string of the molecule is CC[C@H](C)[C@H](NC(=O)CNC(=O)[C@H](Cc1ccccc1)NC(=O)CNC(=O)CNC(=O)[C@H](CO)NC(=O)[C@H](CO)NC(=O)[C@@H](NC(=O)[C@@H]1CCCN1)[C@@H](C)CC)C(=O)N[C@@H](CO)C(=O)NCC(=O)N[C@@H](CC(C)C)C(=O)NCC(=O)N[C@@H](CO)C(=O)N[C@@H](CCCN=C(N)N)C(=O)N[C@@H](Cc1ccccc1)C(=O)O. The lowest BCUT2D eigenvalue weighted by atomic mass is 9.97. The Kier molecular flexibility index (Phi) is 41.5. The Labute approximate surface area is 629 Å². The first-order chi connectivity index (χ1) is 51.8. The standard InChI is InChI=1S/C69H107N19O21/c1-7-38(5)56(87-55(97)32-77-59(99)45(26-40-17-11-9-12-18-40)80-52(94)29-74-51(93)28-75-60(100)47(33-89)84-65(105)50(36-92)86-67(107)57(39(6)8-2)88-62(102)42-21-15-23-72-42)66(106)85-48(34-90)61(101)78-30-53(95)79-44(25-37(3)4)58(98)76-31-54(96)81-49(35-91)64(104)82-43(22-16-24-73-69(70)71)63(103)83-46(68(108)109)27-41-19-13-10-14-20-41/h9-14,17-20,37-39,42-50,56-57,72,89-92H,7-8,15-16,21-36H2,1-6H3,(H,74,93)(H,75,100)(H,76,98)(H,77,99)(H,78,101)(H,79,95)(H,80,94)(H,81,96)(H,82,104)(H,83,103)(H,84,105)(H,85,106)(H,86,107)(H,87,97)(H,88,102)(H,108,109)(H4,70,71,73)/t38-,39-,42-,43-,44-,45-,46-,47-,48-,49-,50-,56-,57-/m0/s1. The number of carboxylic acid groups (broad SMARTS) is 1. The quantitative estimate of drug-likeness (QED) is 0.0166. The van der Waals surface area contributed by atoms with Crippen LogP contribution in [0.3, 0.4) is 0 Å². The van der Waals surface area contributed by atoms with Crippen molar-refractivity contribution in [2.24, 2.45) is 34.2 Å². The minimum Gasteiger partial charge on any atom is -0.480 e. The number of benzene rings is 2. The van der Waals surface area contributed by atoms with Crippen molar-refractivity contribution in [2.45, 2.75) is 166 Å². The van der Waals surface area contributed by atoms with E-state index in [-0.39, 0.29) is 56.9 Å². The van der Waals surface area contributed by atoms with Gasteiger partial charge in [0.05, 0.1) is 65.2 Å². The average molecular weight is 1540 g/mol. The van der Waals surface area contributed by atoms with Gasteiger partial charge in [0.15, 0.2) is 5.96 Å². The number of amides is 15. The summed E-state index contributed by atoms with van der Waals surface area (Å²) in [6.45, 7) is 2.91. The van der Waals surface area contributed by atoms with E-state index in [9.17, 15) is 102 Å². The van der Waals surface area contributed by atoms with Gasteiger partial charge in [-0.1, -0.05) is 115 Å².